The van der Waals surface area contributed by atoms with Gasteiger partial charge in [-0.25, -0.2) is 4.79 Å². The van der Waals surface area contributed by atoms with Gasteiger partial charge < -0.3 is 10.0 Å². The number of carbonyl (C=O) groups is 1. The zero-order chi connectivity index (χ0) is 12.3. The fraction of sp³-hybridized carbons (Fsp3) is 0.500. The number of hydrogen-bond donors (Lipinski definition) is 1. The van der Waals surface area contributed by atoms with Crippen LogP contribution in [0.4, 0.5) is 5.69 Å². The van der Waals surface area contributed by atoms with Crippen LogP contribution in [0.2, 0.25) is 0 Å². The smallest absolute Gasteiger partial charge is 0.335 e. The Hall–Kier alpha value is -1.51. The molecule has 2 rings (SSSR count). The lowest BCUT2D eigenvalue weighted by Gasteiger charge is -2.33. The van der Waals surface area contributed by atoms with E-state index in [1.165, 1.54) is 19.3 Å². The first-order valence-electron chi connectivity index (χ1n) is 6.29. The summed E-state index contributed by atoms with van der Waals surface area (Å²) in [4.78, 5) is 13.1. The van der Waals surface area contributed by atoms with E-state index in [-0.39, 0.29) is 0 Å². The van der Waals surface area contributed by atoms with Crippen LogP contribution in [0.3, 0.4) is 0 Å². The quantitative estimate of drug-likeness (QED) is 0.849. The van der Waals surface area contributed by atoms with E-state index in [1.54, 1.807) is 12.1 Å². The van der Waals surface area contributed by atoms with Gasteiger partial charge in [-0.2, -0.15) is 0 Å². The molecule has 0 amide bonds. The van der Waals surface area contributed by atoms with Crippen molar-refractivity contribution in [2.75, 3.05) is 18.0 Å². The molecule has 0 aliphatic heterocycles. The SMILES string of the molecule is CCN(CC1CCC1)c1ccc(C(=O)O)cc1. The molecule has 3 nitrogen and oxygen atoms in total. The Morgan fingerprint density at radius 2 is 2.00 bits per heavy atom. The lowest BCUT2D eigenvalue weighted by molar-refractivity contribution is 0.0697. The summed E-state index contributed by atoms with van der Waals surface area (Å²) >= 11 is 0. The van der Waals surface area contributed by atoms with Crippen molar-refractivity contribution in [3.05, 3.63) is 29.8 Å². The van der Waals surface area contributed by atoms with Crippen LogP contribution in [0, 0.1) is 5.92 Å². The molecule has 92 valence electrons. The number of nitrogens with zero attached hydrogens (tertiary/aromatic N) is 1. The lowest BCUT2D eigenvalue weighted by atomic mass is 9.85. The van der Waals surface area contributed by atoms with Crippen LogP contribution in [0.1, 0.15) is 36.5 Å². The fourth-order valence-corrected chi connectivity index (χ4v) is 2.22. The van der Waals surface area contributed by atoms with E-state index in [0.29, 0.717) is 5.56 Å². The molecule has 17 heavy (non-hydrogen) atoms. The van der Waals surface area contributed by atoms with E-state index in [9.17, 15) is 4.79 Å². The van der Waals surface area contributed by atoms with Crippen molar-refractivity contribution in [3.8, 4) is 0 Å². The molecule has 1 aromatic rings. The second-order valence-electron chi connectivity index (χ2n) is 4.69. The first-order chi connectivity index (χ1) is 8.20. The molecule has 1 fully saturated rings. The van der Waals surface area contributed by atoms with Gasteiger partial charge >= 0.3 is 5.97 Å². The third-order valence-corrected chi connectivity index (χ3v) is 3.56. The fourth-order valence-electron chi connectivity index (χ4n) is 2.22. The van der Waals surface area contributed by atoms with Crippen LogP contribution in [0.25, 0.3) is 0 Å². The highest BCUT2D eigenvalue weighted by Crippen LogP contribution is 2.28. The summed E-state index contributed by atoms with van der Waals surface area (Å²) in [6.45, 7) is 4.22. The molecule has 0 heterocycles. The Morgan fingerprint density at radius 1 is 1.35 bits per heavy atom. The second-order valence-corrected chi connectivity index (χ2v) is 4.69. The monoisotopic (exact) mass is 233 g/mol. The number of carboxylic acids is 1. The molecule has 0 bridgehead atoms. The standard InChI is InChI=1S/C14H19NO2/c1-2-15(10-11-4-3-5-11)13-8-6-12(7-9-13)14(16)17/h6-9,11H,2-5,10H2,1H3,(H,16,17). The average molecular weight is 233 g/mol. The molecule has 0 aromatic heterocycles. The number of aromatic carboxylic acids is 1. The largest absolute Gasteiger partial charge is 0.478 e. The lowest BCUT2D eigenvalue weighted by Crippen LogP contribution is -2.32. The predicted molar refractivity (Wildman–Crippen MR) is 68.6 cm³/mol. The summed E-state index contributed by atoms with van der Waals surface area (Å²) in [7, 11) is 0. The van der Waals surface area contributed by atoms with Crippen LogP contribution in [-0.2, 0) is 0 Å². The van der Waals surface area contributed by atoms with Gasteiger partial charge in [0.2, 0.25) is 0 Å². The normalized spacial score (nSPS) is 15.4. The number of hydrogen-bond acceptors (Lipinski definition) is 2. The molecule has 1 N–H and O–H groups in total. The molecule has 1 aliphatic carbocycles. The first-order valence-corrected chi connectivity index (χ1v) is 6.29. The number of rotatable bonds is 5. The van der Waals surface area contributed by atoms with Gasteiger partial charge in [-0.15, -0.1) is 0 Å². The third kappa shape index (κ3) is 2.78. The van der Waals surface area contributed by atoms with E-state index in [0.717, 1.165) is 24.7 Å². The van der Waals surface area contributed by atoms with E-state index in [2.05, 4.69) is 11.8 Å². The summed E-state index contributed by atoms with van der Waals surface area (Å²) < 4.78 is 0. The van der Waals surface area contributed by atoms with Crippen LogP contribution in [0.5, 0.6) is 0 Å². The topological polar surface area (TPSA) is 40.5 Å². The van der Waals surface area contributed by atoms with Crippen molar-refractivity contribution < 1.29 is 9.90 Å². The first kappa shape index (κ1) is 12.0. The second kappa shape index (κ2) is 5.21. The molecule has 0 unspecified atom stereocenters. The van der Waals surface area contributed by atoms with Crippen molar-refractivity contribution in [1.82, 2.24) is 0 Å². The highest BCUT2D eigenvalue weighted by atomic mass is 16.4. The van der Waals surface area contributed by atoms with E-state index in [4.69, 9.17) is 5.11 Å². The predicted octanol–water partition coefficient (Wildman–Crippen LogP) is 3.01. The highest BCUT2D eigenvalue weighted by molar-refractivity contribution is 5.88. The van der Waals surface area contributed by atoms with Crippen molar-refractivity contribution >= 4 is 11.7 Å². The van der Waals surface area contributed by atoms with Crippen LogP contribution < -0.4 is 4.90 Å². The highest BCUT2D eigenvalue weighted by Gasteiger charge is 2.20. The third-order valence-electron chi connectivity index (χ3n) is 3.56. The molecular formula is C14H19NO2. The van der Waals surface area contributed by atoms with Crippen molar-refractivity contribution in [2.24, 2.45) is 5.92 Å². The van der Waals surface area contributed by atoms with Crippen molar-refractivity contribution in [1.29, 1.82) is 0 Å². The summed E-state index contributed by atoms with van der Waals surface area (Å²) in [6, 6.07) is 7.18. The van der Waals surface area contributed by atoms with Crippen LogP contribution in [0.15, 0.2) is 24.3 Å². The van der Waals surface area contributed by atoms with Crippen LogP contribution in [-0.4, -0.2) is 24.2 Å². The van der Waals surface area contributed by atoms with Gasteiger partial charge in [0, 0.05) is 18.8 Å². The zero-order valence-electron chi connectivity index (χ0n) is 10.2. The summed E-state index contributed by atoms with van der Waals surface area (Å²) in [5.74, 6) is -0.0345. The van der Waals surface area contributed by atoms with Gasteiger partial charge in [-0.3, -0.25) is 0 Å². The molecule has 1 aromatic carbocycles. The molecule has 1 aliphatic rings. The minimum Gasteiger partial charge on any atom is -0.478 e. The number of carboxylic acid groups (broad SMARTS) is 1. The Labute approximate surface area is 102 Å². The molecule has 0 atom stereocenters. The molecule has 0 radical (unpaired) electrons. The maximum Gasteiger partial charge on any atom is 0.335 e. The van der Waals surface area contributed by atoms with Crippen molar-refractivity contribution in [2.45, 2.75) is 26.2 Å². The Kier molecular flexibility index (Phi) is 3.67. The minimum atomic E-state index is -0.862. The average Bonchev–Trinajstić information content (AvgIpc) is 2.28. The van der Waals surface area contributed by atoms with Crippen molar-refractivity contribution in [3.63, 3.8) is 0 Å². The van der Waals surface area contributed by atoms with Crippen LogP contribution >= 0.6 is 0 Å². The van der Waals surface area contributed by atoms with Gasteiger partial charge in [0.25, 0.3) is 0 Å². The van der Waals surface area contributed by atoms with Gasteiger partial charge in [0.15, 0.2) is 0 Å². The van der Waals surface area contributed by atoms with Gasteiger partial charge in [-0.05, 0) is 49.9 Å². The van der Waals surface area contributed by atoms with E-state index < -0.39 is 5.97 Å². The molecule has 0 saturated heterocycles. The number of benzene rings is 1. The summed E-state index contributed by atoms with van der Waals surface area (Å²) in [5, 5.41) is 8.85. The van der Waals surface area contributed by atoms with E-state index in [1.807, 2.05) is 12.1 Å². The van der Waals surface area contributed by atoms with E-state index >= 15 is 0 Å². The minimum absolute atomic E-state index is 0.355. The number of anilines is 1. The maximum absolute atomic E-state index is 10.8. The Balaban J connectivity index is 2.04. The molecule has 0 spiro atoms. The summed E-state index contributed by atoms with van der Waals surface area (Å²) in [6.07, 6.45) is 4.04. The molecular weight excluding hydrogens is 214 g/mol. The Morgan fingerprint density at radius 3 is 2.41 bits per heavy atom. The maximum atomic E-state index is 10.8. The summed E-state index contributed by atoms with van der Waals surface area (Å²) in [5.41, 5.74) is 1.48. The van der Waals surface area contributed by atoms with Gasteiger partial charge in [-0.1, -0.05) is 6.42 Å². The molecule has 3 heteroatoms. The zero-order valence-corrected chi connectivity index (χ0v) is 10.2. The Bertz CT molecular complexity index is 382. The molecule has 1 saturated carbocycles. The van der Waals surface area contributed by atoms with Gasteiger partial charge in [0.05, 0.1) is 5.56 Å². The van der Waals surface area contributed by atoms with Gasteiger partial charge in [0.1, 0.15) is 0 Å².